The zero-order chi connectivity index (χ0) is 24.9. The van der Waals surface area contributed by atoms with Gasteiger partial charge in [0.15, 0.2) is 0 Å². The zero-order valence-corrected chi connectivity index (χ0v) is 22.3. The number of hydrogen-bond donors (Lipinski definition) is 1. The number of hydrogen-bond acceptors (Lipinski definition) is 3. The highest BCUT2D eigenvalue weighted by Gasteiger charge is 2.42. The second kappa shape index (κ2) is 9.55. The largest absolute Gasteiger partial charge is 0.334 e. The number of rotatable bonds is 5. The zero-order valence-electron chi connectivity index (χ0n) is 20.8. The highest BCUT2D eigenvalue weighted by molar-refractivity contribution is 6.42. The maximum Gasteiger partial charge on any atom is 0.317 e. The molecule has 3 aromatic rings. The molecular formula is C28H33Cl2N5O. The summed E-state index contributed by atoms with van der Waals surface area (Å²) in [7, 11) is 0. The molecule has 2 aromatic carbocycles. The van der Waals surface area contributed by atoms with E-state index in [1.165, 1.54) is 30.3 Å². The molecule has 0 radical (unpaired) electrons. The summed E-state index contributed by atoms with van der Waals surface area (Å²) in [6.45, 7) is 7.17. The smallest absolute Gasteiger partial charge is 0.317 e. The van der Waals surface area contributed by atoms with Crippen LogP contribution < -0.4 is 5.32 Å². The standard InChI is InChI=1S/C28H33Cl2N5O/c1-19-32-25-14-20(4-8-26(25)35(19)22-5-6-22)15-31-27(36)34-11-2-9-28(18-34)10-12-33(17-28)16-21-3-7-23(29)24(30)13-21/h3-4,7-8,13-14,22H,2,5-6,9-12,15-18H2,1H3,(H,31,36). The lowest BCUT2D eigenvalue weighted by Crippen LogP contribution is -2.50. The van der Waals surface area contributed by atoms with Crippen molar-refractivity contribution in [3.63, 3.8) is 0 Å². The van der Waals surface area contributed by atoms with Crippen molar-refractivity contribution in [3.8, 4) is 0 Å². The van der Waals surface area contributed by atoms with Gasteiger partial charge in [0.1, 0.15) is 5.82 Å². The van der Waals surface area contributed by atoms with Crippen LogP contribution in [0.15, 0.2) is 36.4 Å². The molecule has 1 N–H and O–H groups in total. The number of likely N-dealkylation sites (tertiary alicyclic amines) is 2. The Morgan fingerprint density at radius 3 is 2.69 bits per heavy atom. The Balaban J connectivity index is 1.06. The molecular weight excluding hydrogens is 493 g/mol. The second-order valence-corrected chi connectivity index (χ2v) is 11.8. The number of amides is 2. The molecule has 1 spiro atoms. The van der Waals surface area contributed by atoms with Gasteiger partial charge in [-0.15, -0.1) is 0 Å². The van der Waals surface area contributed by atoms with E-state index >= 15 is 0 Å². The van der Waals surface area contributed by atoms with Crippen molar-refractivity contribution in [1.29, 1.82) is 0 Å². The third kappa shape index (κ3) is 4.83. The molecule has 1 saturated carbocycles. The molecule has 0 bridgehead atoms. The summed E-state index contributed by atoms with van der Waals surface area (Å²) < 4.78 is 2.36. The molecule has 6 rings (SSSR count). The molecule has 190 valence electrons. The van der Waals surface area contributed by atoms with E-state index in [0.717, 1.165) is 62.5 Å². The molecule has 3 fully saturated rings. The van der Waals surface area contributed by atoms with E-state index in [2.05, 4.69) is 46.0 Å². The molecule has 2 aliphatic heterocycles. The molecule has 8 heteroatoms. The summed E-state index contributed by atoms with van der Waals surface area (Å²) in [6, 6.07) is 12.9. The SMILES string of the molecule is Cc1nc2cc(CNC(=O)N3CCCC4(CCN(Cc5ccc(Cl)c(Cl)c5)C4)C3)ccc2n1C1CC1. The van der Waals surface area contributed by atoms with E-state index in [9.17, 15) is 4.79 Å². The number of carbonyl (C=O) groups is 1. The fraction of sp³-hybridized carbons (Fsp3) is 0.500. The molecule has 36 heavy (non-hydrogen) atoms. The topological polar surface area (TPSA) is 53.4 Å². The number of nitrogens with one attached hydrogen (secondary N) is 1. The predicted octanol–water partition coefficient (Wildman–Crippen LogP) is 6.18. The number of carbonyl (C=O) groups excluding carboxylic acids is 1. The Morgan fingerprint density at radius 1 is 1.06 bits per heavy atom. The van der Waals surface area contributed by atoms with Crippen LogP contribution in [0.5, 0.6) is 0 Å². The summed E-state index contributed by atoms with van der Waals surface area (Å²) in [5.41, 5.74) is 4.68. The first-order chi connectivity index (χ1) is 17.4. The Bertz CT molecular complexity index is 1300. The fourth-order valence-corrected chi connectivity index (χ4v) is 6.55. The number of imidazole rings is 1. The van der Waals surface area contributed by atoms with Crippen LogP contribution in [0, 0.1) is 12.3 Å². The van der Waals surface area contributed by atoms with Crippen LogP contribution in [-0.4, -0.2) is 51.6 Å². The number of piperidine rings is 1. The van der Waals surface area contributed by atoms with Gasteiger partial charge in [-0.3, -0.25) is 4.90 Å². The average Bonchev–Trinajstić information content (AvgIpc) is 3.55. The van der Waals surface area contributed by atoms with Crippen LogP contribution in [0.3, 0.4) is 0 Å². The summed E-state index contributed by atoms with van der Waals surface area (Å²) in [5.74, 6) is 1.08. The van der Waals surface area contributed by atoms with Gasteiger partial charge in [-0.05, 0) is 81.0 Å². The molecule has 1 aromatic heterocycles. The number of fused-ring (bicyclic) bond motifs is 1. The van der Waals surface area contributed by atoms with Crippen LogP contribution >= 0.6 is 23.2 Å². The fourth-order valence-electron chi connectivity index (χ4n) is 6.23. The number of aryl methyl sites for hydroxylation is 1. The Hall–Kier alpha value is -2.28. The number of aromatic nitrogens is 2. The molecule has 1 unspecified atom stereocenters. The van der Waals surface area contributed by atoms with Crippen LogP contribution in [-0.2, 0) is 13.1 Å². The first-order valence-electron chi connectivity index (χ1n) is 13.1. The summed E-state index contributed by atoms with van der Waals surface area (Å²) in [4.78, 5) is 22.4. The highest BCUT2D eigenvalue weighted by atomic mass is 35.5. The van der Waals surface area contributed by atoms with E-state index in [0.29, 0.717) is 22.6 Å². The number of benzene rings is 2. The van der Waals surface area contributed by atoms with Crippen LogP contribution in [0.2, 0.25) is 10.0 Å². The Morgan fingerprint density at radius 2 is 1.89 bits per heavy atom. The summed E-state index contributed by atoms with van der Waals surface area (Å²) in [5, 5.41) is 4.37. The van der Waals surface area contributed by atoms with Gasteiger partial charge in [-0.1, -0.05) is 35.3 Å². The van der Waals surface area contributed by atoms with Crippen molar-refractivity contribution in [2.75, 3.05) is 26.2 Å². The van der Waals surface area contributed by atoms with Crippen molar-refractivity contribution in [2.24, 2.45) is 5.41 Å². The monoisotopic (exact) mass is 525 g/mol. The van der Waals surface area contributed by atoms with Gasteiger partial charge in [-0.2, -0.15) is 0 Å². The van der Waals surface area contributed by atoms with Gasteiger partial charge < -0.3 is 14.8 Å². The number of halogens is 2. The van der Waals surface area contributed by atoms with Gasteiger partial charge in [0.2, 0.25) is 0 Å². The summed E-state index contributed by atoms with van der Waals surface area (Å²) in [6.07, 6.45) is 5.84. The van der Waals surface area contributed by atoms with E-state index in [-0.39, 0.29) is 11.4 Å². The molecule has 2 amide bonds. The van der Waals surface area contributed by atoms with Crippen LogP contribution in [0.25, 0.3) is 11.0 Å². The van der Waals surface area contributed by atoms with Crippen molar-refractivity contribution in [2.45, 2.75) is 58.2 Å². The highest BCUT2D eigenvalue weighted by Crippen LogP contribution is 2.40. The minimum atomic E-state index is 0.0387. The van der Waals surface area contributed by atoms with Gasteiger partial charge in [-0.25, -0.2) is 9.78 Å². The average molecular weight is 527 g/mol. The third-order valence-corrected chi connectivity index (χ3v) is 8.88. The number of nitrogens with zero attached hydrogens (tertiary/aromatic N) is 4. The molecule has 1 atom stereocenters. The van der Waals surface area contributed by atoms with Gasteiger partial charge in [0.25, 0.3) is 0 Å². The van der Waals surface area contributed by atoms with Crippen molar-refractivity contribution in [1.82, 2.24) is 24.7 Å². The normalized spacial score (nSPS) is 22.6. The maximum atomic E-state index is 13.1. The van der Waals surface area contributed by atoms with E-state index in [1.54, 1.807) is 0 Å². The Kier molecular flexibility index (Phi) is 6.39. The van der Waals surface area contributed by atoms with Crippen molar-refractivity contribution >= 4 is 40.3 Å². The van der Waals surface area contributed by atoms with Gasteiger partial charge >= 0.3 is 6.03 Å². The van der Waals surface area contributed by atoms with E-state index in [1.807, 2.05) is 17.0 Å². The predicted molar refractivity (Wildman–Crippen MR) is 145 cm³/mol. The van der Waals surface area contributed by atoms with Crippen molar-refractivity contribution in [3.05, 3.63) is 63.4 Å². The molecule has 1 aliphatic carbocycles. The maximum absolute atomic E-state index is 13.1. The molecule has 6 nitrogen and oxygen atoms in total. The number of urea groups is 1. The third-order valence-electron chi connectivity index (χ3n) is 8.14. The molecule has 3 aliphatic rings. The molecule has 3 heterocycles. The lowest BCUT2D eigenvalue weighted by atomic mass is 9.79. The Labute approximate surface area is 222 Å². The van der Waals surface area contributed by atoms with Crippen LogP contribution in [0.4, 0.5) is 4.79 Å². The summed E-state index contributed by atoms with van der Waals surface area (Å²) >= 11 is 12.3. The molecule has 2 saturated heterocycles. The lowest BCUT2D eigenvalue weighted by molar-refractivity contribution is 0.107. The lowest BCUT2D eigenvalue weighted by Gasteiger charge is -2.40. The van der Waals surface area contributed by atoms with Crippen molar-refractivity contribution < 1.29 is 4.79 Å². The minimum absolute atomic E-state index is 0.0387. The van der Waals surface area contributed by atoms with E-state index < -0.39 is 0 Å². The van der Waals surface area contributed by atoms with Crippen LogP contribution in [0.1, 0.15) is 55.1 Å². The quantitative estimate of drug-likeness (QED) is 0.432. The van der Waals surface area contributed by atoms with E-state index in [4.69, 9.17) is 28.2 Å². The first-order valence-corrected chi connectivity index (χ1v) is 13.8. The van der Waals surface area contributed by atoms with Gasteiger partial charge in [0, 0.05) is 44.2 Å². The van der Waals surface area contributed by atoms with Gasteiger partial charge in [0.05, 0.1) is 21.1 Å². The second-order valence-electron chi connectivity index (χ2n) is 11.0. The minimum Gasteiger partial charge on any atom is -0.334 e. The first kappa shape index (κ1) is 24.1.